The van der Waals surface area contributed by atoms with Crippen molar-refractivity contribution in [3.8, 4) is 5.75 Å². The first kappa shape index (κ1) is 28.2. The van der Waals surface area contributed by atoms with E-state index < -0.39 is 23.9 Å². The summed E-state index contributed by atoms with van der Waals surface area (Å²) in [5.41, 5.74) is 1.88. The van der Waals surface area contributed by atoms with Crippen LogP contribution in [0, 0.1) is 11.7 Å². The minimum absolute atomic E-state index is 0.0386. The molecule has 0 radical (unpaired) electrons. The monoisotopic (exact) mass is 543 g/mol. The van der Waals surface area contributed by atoms with Crippen LogP contribution >= 0.6 is 0 Å². The molecular formula is C28H34FN3O7. The molecule has 0 bridgehead atoms. The Kier molecular flexibility index (Phi) is 8.59. The summed E-state index contributed by atoms with van der Waals surface area (Å²) in [5.74, 6) is -1.83. The Morgan fingerprint density at radius 2 is 1.90 bits per heavy atom. The largest absolute Gasteiger partial charge is 0.496 e. The SMILES string of the molecule is COC(=O)[C@@H]1CCC[C@@H](Nc2ccc3c(c2NC(=O)C(O)c2cc(F)ccc2OC)CC[C@H](C)N3C(=O)O)C1. The smallest absolute Gasteiger partial charge is 0.412 e. The summed E-state index contributed by atoms with van der Waals surface area (Å²) in [6.07, 6.45) is 1.02. The third kappa shape index (κ3) is 5.93. The highest BCUT2D eigenvalue weighted by Crippen LogP contribution is 2.42. The van der Waals surface area contributed by atoms with Gasteiger partial charge in [-0.15, -0.1) is 0 Å². The van der Waals surface area contributed by atoms with Crippen LogP contribution in [0.25, 0.3) is 0 Å². The molecule has 10 nitrogen and oxygen atoms in total. The summed E-state index contributed by atoms with van der Waals surface area (Å²) in [4.78, 5) is 38.8. The third-order valence-electron chi connectivity index (χ3n) is 7.56. The van der Waals surface area contributed by atoms with E-state index in [1.165, 1.54) is 25.2 Å². The van der Waals surface area contributed by atoms with E-state index in [0.717, 1.165) is 31.4 Å². The summed E-state index contributed by atoms with van der Waals surface area (Å²) in [5, 5.41) is 26.9. The van der Waals surface area contributed by atoms with Crippen LogP contribution in [0.1, 0.15) is 56.3 Å². The van der Waals surface area contributed by atoms with E-state index in [-0.39, 0.29) is 35.3 Å². The first-order chi connectivity index (χ1) is 18.6. The molecule has 4 atom stereocenters. The molecule has 4 N–H and O–H groups in total. The molecule has 1 aliphatic heterocycles. The van der Waals surface area contributed by atoms with Gasteiger partial charge < -0.3 is 30.3 Å². The van der Waals surface area contributed by atoms with Crippen molar-refractivity contribution in [3.05, 3.63) is 47.3 Å². The van der Waals surface area contributed by atoms with Crippen LogP contribution in [0.4, 0.5) is 26.2 Å². The van der Waals surface area contributed by atoms with E-state index >= 15 is 0 Å². The number of nitrogens with zero attached hydrogens (tertiary/aromatic N) is 1. The van der Waals surface area contributed by atoms with Crippen molar-refractivity contribution in [1.29, 1.82) is 0 Å². The summed E-state index contributed by atoms with van der Waals surface area (Å²) < 4.78 is 24.1. The minimum atomic E-state index is -1.75. The Morgan fingerprint density at radius 1 is 1.13 bits per heavy atom. The zero-order valence-corrected chi connectivity index (χ0v) is 22.2. The van der Waals surface area contributed by atoms with Gasteiger partial charge in [0.1, 0.15) is 11.6 Å². The maximum absolute atomic E-state index is 14.0. The summed E-state index contributed by atoms with van der Waals surface area (Å²) in [6, 6.07) is 6.55. The normalized spacial score (nSPS) is 21.4. The van der Waals surface area contributed by atoms with Gasteiger partial charge in [0.15, 0.2) is 6.10 Å². The zero-order chi connectivity index (χ0) is 28.3. The lowest BCUT2D eigenvalue weighted by molar-refractivity contribution is -0.146. The fourth-order valence-corrected chi connectivity index (χ4v) is 5.56. The van der Waals surface area contributed by atoms with E-state index in [4.69, 9.17) is 9.47 Å². The number of benzene rings is 2. The number of anilines is 3. The lowest BCUT2D eigenvalue weighted by Gasteiger charge is -2.36. The molecular weight excluding hydrogens is 509 g/mol. The van der Waals surface area contributed by atoms with Crippen LogP contribution < -0.4 is 20.3 Å². The lowest BCUT2D eigenvalue weighted by Crippen LogP contribution is -2.41. The van der Waals surface area contributed by atoms with E-state index in [2.05, 4.69) is 10.6 Å². The zero-order valence-electron chi connectivity index (χ0n) is 22.2. The number of fused-ring (bicyclic) bond motifs is 1. The quantitative estimate of drug-likeness (QED) is 0.376. The molecule has 11 heteroatoms. The van der Waals surface area contributed by atoms with Gasteiger partial charge in [0, 0.05) is 23.2 Å². The van der Waals surface area contributed by atoms with Gasteiger partial charge in [-0.25, -0.2) is 9.18 Å². The fourth-order valence-electron chi connectivity index (χ4n) is 5.56. The van der Waals surface area contributed by atoms with Gasteiger partial charge in [0.25, 0.3) is 5.91 Å². The molecule has 210 valence electrons. The Bertz CT molecular complexity index is 1250. The number of rotatable bonds is 7. The van der Waals surface area contributed by atoms with Crippen molar-refractivity contribution in [2.75, 3.05) is 29.8 Å². The van der Waals surface area contributed by atoms with Gasteiger partial charge in [0.05, 0.1) is 37.2 Å². The third-order valence-corrected chi connectivity index (χ3v) is 7.56. The Morgan fingerprint density at radius 3 is 2.59 bits per heavy atom. The van der Waals surface area contributed by atoms with Gasteiger partial charge in [-0.05, 0) is 69.4 Å². The fraction of sp³-hybridized carbons (Fsp3) is 0.464. The van der Waals surface area contributed by atoms with Crippen LogP contribution in [0.3, 0.4) is 0 Å². The highest BCUT2D eigenvalue weighted by atomic mass is 19.1. The molecule has 4 rings (SSSR count). The number of aliphatic hydroxyl groups is 1. The molecule has 39 heavy (non-hydrogen) atoms. The van der Waals surface area contributed by atoms with Gasteiger partial charge in [-0.2, -0.15) is 0 Å². The van der Waals surface area contributed by atoms with E-state index in [0.29, 0.717) is 41.9 Å². The maximum atomic E-state index is 14.0. The maximum Gasteiger partial charge on any atom is 0.412 e. The number of amides is 2. The van der Waals surface area contributed by atoms with E-state index in [9.17, 15) is 29.0 Å². The average Bonchev–Trinajstić information content (AvgIpc) is 2.93. The first-order valence-electron chi connectivity index (χ1n) is 13.0. The number of ether oxygens (including phenoxy) is 2. The number of carbonyl (C=O) groups excluding carboxylic acids is 2. The van der Waals surface area contributed by atoms with Crippen LogP contribution in [0.2, 0.25) is 0 Å². The molecule has 1 fully saturated rings. The van der Waals surface area contributed by atoms with E-state index in [1.54, 1.807) is 12.1 Å². The Labute approximate surface area is 226 Å². The second-order valence-corrected chi connectivity index (χ2v) is 10.0. The first-order valence-corrected chi connectivity index (χ1v) is 13.0. The lowest BCUT2D eigenvalue weighted by atomic mass is 9.85. The molecule has 0 aromatic heterocycles. The van der Waals surface area contributed by atoms with Gasteiger partial charge in [0.2, 0.25) is 0 Å². The van der Waals surface area contributed by atoms with Gasteiger partial charge >= 0.3 is 12.1 Å². The number of halogens is 1. The molecule has 2 amide bonds. The van der Waals surface area contributed by atoms with Crippen molar-refractivity contribution < 1.29 is 38.5 Å². The van der Waals surface area contributed by atoms with Crippen molar-refractivity contribution in [3.63, 3.8) is 0 Å². The average molecular weight is 544 g/mol. The highest BCUT2D eigenvalue weighted by Gasteiger charge is 2.33. The van der Waals surface area contributed by atoms with Crippen molar-refractivity contribution in [2.45, 2.75) is 63.6 Å². The Balaban J connectivity index is 1.70. The number of methoxy groups -OCH3 is 2. The predicted molar refractivity (Wildman–Crippen MR) is 143 cm³/mol. The minimum Gasteiger partial charge on any atom is -0.496 e. The van der Waals surface area contributed by atoms with Crippen LogP contribution in [-0.4, -0.2) is 54.5 Å². The van der Waals surface area contributed by atoms with Crippen molar-refractivity contribution in [2.24, 2.45) is 5.92 Å². The topological polar surface area (TPSA) is 137 Å². The van der Waals surface area contributed by atoms with Crippen LogP contribution in [-0.2, 0) is 20.7 Å². The molecule has 1 aliphatic carbocycles. The number of carbonyl (C=O) groups is 3. The molecule has 1 unspecified atom stereocenters. The number of aliphatic hydroxyl groups excluding tert-OH is 1. The van der Waals surface area contributed by atoms with Crippen LogP contribution in [0.15, 0.2) is 30.3 Å². The standard InChI is InChI=1S/C28H34FN3O7/c1-15-7-9-19-22(32(15)28(36)37)11-10-21(30-18-6-4-5-16(13-18)27(35)39-3)24(19)31-26(34)25(33)20-14-17(29)8-12-23(20)38-2/h8,10-12,14-16,18,25,30,33H,4-7,9,13H2,1-3H3,(H,31,34)(H,36,37)/t15-,16+,18+,25?/m0/s1. The van der Waals surface area contributed by atoms with E-state index in [1.807, 2.05) is 6.92 Å². The van der Waals surface area contributed by atoms with Gasteiger partial charge in [-0.3, -0.25) is 14.5 Å². The van der Waals surface area contributed by atoms with Crippen molar-refractivity contribution in [1.82, 2.24) is 0 Å². The predicted octanol–water partition coefficient (Wildman–Crippen LogP) is 4.47. The molecule has 2 aliphatic rings. The molecule has 2 aromatic rings. The molecule has 1 heterocycles. The second-order valence-electron chi connectivity index (χ2n) is 10.0. The Hall–Kier alpha value is -3.86. The molecule has 1 saturated carbocycles. The number of esters is 1. The summed E-state index contributed by atoms with van der Waals surface area (Å²) >= 11 is 0. The number of hydrogen-bond acceptors (Lipinski definition) is 7. The molecule has 0 saturated heterocycles. The molecule has 2 aromatic carbocycles. The number of nitrogens with one attached hydrogen (secondary N) is 2. The summed E-state index contributed by atoms with van der Waals surface area (Å²) in [7, 11) is 2.72. The highest BCUT2D eigenvalue weighted by molar-refractivity contribution is 6.01. The number of hydrogen-bond donors (Lipinski definition) is 4. The van der Waals surface area contributed by atoms with Crippen LogP contribution in [0.5, 0.6) is 5.75 Å². The second kappa shape index (κ2) is 11.9. The summed E-state index contributed by atoms with van der Waals surface area (Å²) in [6.45, 7) is 1.82. The number of carboxylic acid groups (broad SMARTS) is 1. The molecule has 0 spiro atoms. The van der Waals surface area contributed by atoms with Crippen molar-refractivity contribution >= 4 is 35.0 Å². The van der Waals surface area contributed by atoms with Gasteiger partial charge in [-0.1, -0.05) is 6.42 Å².